The van der Waals surface area contributed by atoms with Crippen molar-refractivity contribution < 1.29 is 9.59 Å². The van der Waals surface area contributed by atoms with Crippen molar-refractivity contribution in [3.8, 4) is 0 Å². The van der Waals surface area contributed by atoms with Crippen LogP contribution in [0.2, 0.25) is 0 Å². The highest BCUT2D eigenvalue weighted by Gasteiger charge is 2.32. The Morgan fingerprint density at radius 1 is 1.13 bits per heavy atom. The molecule has 164 valence electrons. The minimum atomic E-state index is -0.0994. The van der Waals surface area contributed by atoms with Gasteiger partial charge in [0.1, 0.15) is 0 Å². The van der Waals surface area contributed by atoms with Crippen LogP contribution < -0.4 is 10.6 Å². The molecule has 2 amide bonds. The second kappa shape index (κ2) is 10.8. The van der Waals surface area contributed by atoms with Gasteiger partial charge in [0, 0.05) is 31.6 Å². The van der Waals surface area contributed by atoms with Gasteiger partial charge in [-0.3, -0.25) is 19.6 Å². The fraction of sp³-hybridized carbons (Fsp3) is 0.440. The standard InChI is InChI=1S/C25H32N4O2/c1-17(2)23-12-20(13-24(30)28-16-22-8-4-5-10-27-22)18(3)11-21(23)15-29-25(31)19-7-6-9-26-14-19/h4-11,14,17,20-21,23H,12-13,15-16H2,1-3H3,(H,28,30)(H,29,31)/t20-,21-,23-/m0/s1. The van der Waals surface area contributed by atoms with Crippen LogP contribution >= 0.6 is 0 Å². The monoisotopic (exact) mass is 420 g/mol. The summed E-state index contributed by atoms with van der Waals surface area (Å²) in [4.78, 5) is 33.2. The number of pyridine rings is 2. The number of nitrogens with zero attached hydrogens (tertiary/aromatic N) is 2. The SMILES string of the molecule is CC1=C[C@@H](CNC(=O)c2cccnc2)[C@H](C(C)C)C[C@H]1CC(=O)NCc1ccccn1. The van der Waals surface area contributed by atoms with Crippen molar-refractivity contribution in [3.63, 3.8) is 0 Å². The highest BCUT2D eigenvalue weighted by atomic mass is 16.2. The molecule has 0 radical (unpaired) electrons. The van der Waals surface area contributed by atoms with Crippen LogP contribution in [0.5, 0.6) is 0 Å². The zero-order valence-electron chi connectivity index (χ0n) is 18.5. The Morgan fingerprint density at radius 2 is 1.97 bits per heavy atom. The van der Waals surface area contributed by atoms with Crippen LogP contribution in [0.25, 0.3) is 0 Å². The van der Waals surface area contributed by atoms with Crippen molar-refractivity contribution in [2.24, 2.45) is 23.7 Å². The minimum Gasteiger partial charge on any atom is -0.351 e. The summed E-state index contributed by atoms with van der Waals surface area (Å²) in [5, 5.41) is 6.05. The zero-order chi connectivity index (χ0) is 22.2. The van der Waals surface area contributed by atoms with Gasteiger partial charge < -0.3 is 10.6 Å². The Morgan fingerprint density at radius 3 is 2.65 bits per heavy atom. The molecule has 3 rings (SSSR count). The molecule has 0 bridgehead atoms. The van der Waals surface area contributed by atoms with E-state index in [-0.39, 0.29) is 23.7 Å². The number of allylic oxidation sites excluding steroid dienone is 1. The minimum absolute atomic E-state index is 0.0502. The summed E-state index contributed by atoms with van der Waals surface area (Å²) in [6.45, 7) is 7.57. The molecular formula is C25H32N4O2. The molecule has 6 nitrogen and oxygen atoms in total. The van der Waals surface area contributed by atoms with Gasteiger partial charge in [-0.2, -0.15) is 0 Å². The molecule has 0 saturated carbocycles. The van der Waals surface area contributed by atoms with Crippen molar-refractivity contribution >= 4 is 11.8 Å². The fourth-order valence-corrected chi connectivity index (χ4v) is 4.31. The Bertz CT molecular complexity index is 896. The van der Waals surface area contributed by atoms with E-state index in [0.29, 0.717) is 36.9 Å². The Hall–Kier alpha value is -3.02. The van der Waals surface area contributed by atoms with Gasteiger partial charge in [0.2, 0.25) is 5.91 Å². The molecule has 1 aliphatic rings. The van der Waals surface area contributed by atoms with Crippen molar-refractivity contribution in [2.45, 2.75) is 40.2 Å². The van der Waals surface area contributed by atoms with Crippen LogP contribution in [-0.2, 0) is 11.3 Å². The van der Waals surface area contributed by atoms with Gasteiger partial charge in [-0.05, 0) is 61.3 Å². The molecule has 1 aliphatic carbocycles. The van der Waals surface area contributed by atoms with Crippen LogP contribution in [0.4, 0.5) is 0 Å². The second-order valence-corrected chi connectivity index (χ2v) is 8.67. The maximum Gasteiger partial charge on any atom is 0.252 e. The summed E-state index contributed by atoms with van der Waals surface area (Å²) >= 11 is 0. The van der Waals surface area contributed by atoms with Crippen molar-refractivity contribution in [1.29, 1.82) is 0 Å². The predicted octanol–water partition coefficient (Wildman–Crippen LogP) is 3.77. The van der Waals surface area contributed by atoms with E-state index in [9.17, 15) is 9.59 Å². The number of hydrogen-bond donors (Lipinski definition) is 2. The summed E-state index contributed by atoms with van der Waals surface area (Å²) in [7, 11) is 0. The molecule has 6 heteroatoms. The van der Waals surface area contributed by atoms with E-state index in [2.05, 4.69) is 47.4 Å². The molecule has 0 fully saturated rings. The Balaban J connectivity index is 1.58. The average Bonchev–Trinajstić information content (AvgIpc) is 2.78. The fourth-order valence-electron chi connectivity index (χ4n) is 4.31. The molecule has 3 atom stereocenters. The normalized spacial score (nSPS) is 20.8. The van der Waals surface area contributed by atoms with Crippen LogP contribution in [0, 0.1) is 23.7 Å². The number of hydrogen-bond acceptors (Lipinski definition) is 4. The maximum atomic E-state index is 12.5. The quantitative estimate of drug-likeness (QED) is 0.637. The average molecular weight is 421 g/mol. The summed E-state index contributed by atoms with van der Waals surface area (Å²) in [5.74, 6) is 1.30. The number of carbonyl (C=O) groups is 2. The van der Waals surface area contributed by atoms with E-state index in [0.717, 1.165) is 12.1 Å². The first-order chi connectivity index (χ1) is 14.9. The number of rotatable bonds is 8. The number of carbonyl (C=O) groups excluding carboxylic acids is 2. The third kappa shape index (κ3) is 6.48. The summed E-state index contributed by atoms with van der Waals surface area (Å²) in [6, 6.07) is 9.22. The van der Waals surface area contributed by atoms with Gasteiger partial charge >= 0.3 is 0 Å². The first kappa shape index (κ1) is 22.7. The third-order valence-electron chi connectivity index (χ3n) is 6.13. The van der Waals surface area contributed by atoms with Crippen LogP contribution in [-0.4, -0.2) is 28.3 Å². The number of nitrogens with one attached hydrogen (secondary N) is 2. The zero-order valence-corrected chi connectivity index (χ0v) is 18.5. The van der Waals surface area contributed by atoms with Crippen LogP contribution in [0.15, 0.2) is 60.6 Å². The lowest BCUT2D eigenvalue weighted by molar-refractivity contribution is -0.122. The Labute approximate surface area is 184 Å². The van der Waals surface area contributed by atoms with Crippen molar-refractivity contribution in [3.05, 3.63) is 71.8 Å². The molecule has 0 aromatic carbocycles. The molecular weight excluding hydrogens is 388 g/mol. The van der Waals surface area contributed by atoms with Crippen molar-refractivity contribution in [1.82, 2.24) is 20.6 Å². The van der Waals surface area contributed by atoms with E-state index in [4.69, 9.17) is 0 Å². The molecule has 2 aromatic rings. The molecule has 2 aromatic heterocycles. The van der Waals surface area contributed by atoms with Gasteiger partial charge in [0.25, 0.3) is 5.91 Å². The molecule has 2 heterocycles. The smallest absolute Gasteiger partial charge is 0.252 e. The molecule has 31 heavy (non-hydrogen) atoms. The van der Waals surface area contributed by atoms with Gasteiger partial charge in [-0.25, -0.2) is 0 Å². The summed E-state index contributed by atoms with van der Waals surface area (Å²) in [5.41, 5.74) is 2.66. The maximum absolute atomic E-state index is 12.5. The van der Waals surface area contributed by atoms with E-state index in [1.807, 2.05) is 18.2 Å². The first-order valence-electron chi connectivity index (χ1n) is 11.0. The van der Waals surface area contributed by atoms with Crippen LogP contribution in [0.1, 0.15) is 49.7 Å². The third-order valence-corrected chi connectivity index (χ3v) is 6.13. The van der Waals surface area contributed by atoms with Gasteiger partial charge in [0.05, 0.1) is 17.8 Å². The Kier molecular flexibility index (Phi) is 7.93. The molecule has 0 saturated heterocycles. The van der Waals surface area contributed by atoms with Gasteiger partial charge in [0.15, 0.2) is 0 Å². The van der Waals surface area contributed by atoms with Gasteiger partial charge in [-0.1, -0.05) is 31.6 Å². The van der Waals surface area contributed by atoms with E-state index < -0.39 is 0 Å². The van der Waals surface area contributed by atoms with E-state index in [1.54, 1.807) is 30.7 Å². The lowest BCUT2D eigenvalue weighted by atomic mass is 9.69. The second-order valence-electron chi connectivity index (χ2n) is 8.67. The molecule has 0 aliphatic heterocycles. The lowest BCUT2D eigenvalue weighted by Crippen LogP contribution is -2.37. The van der Waals surface area contributed by atoms with E-state index >= 15 is 0 Å². The van der Waals surface area contributed by atoms with E-state index in [1.165, 1.54) is 5.57 Å². The van der Waals surface area contributed by atoms with Crippen molar-refractivity contribution in [2.75, 3.05) is 6.54 Å². The summed E-state index contributed by atoms with van der Waals surface area (Å²) in [6.07, 6.45) is 8.66. The summed E-state index contributed by atoms with van der Waals surface area (Å²) < 4.78 is 0. The first-order valence-corrected chi connectivity index (χ1v) is 11.0. The molecule has 2 N–H and O–H groups in total. The topological polar surface area (TPSA) is 84.0 Å². The lowest BCUT2D eigenvalue weighted by Gasteiger charge is -2.37. The highest BCUT2D eigenvalue weighted by molar-refractivity contribution is 5.93. The predicted molar refractivity (Wildman–Crippen MR) is 121 cm³/mol. The number of aromatic nitrogens is 2. The largest absolute Gasteiger partial charge is 0.351 e. The molecule has 0 spiro atoms. The highest BCUT2D eigenvalue weighted by Crippen LogP contribution is 2.38. The number of amides is 2. The molecule has 0 unspecified atom stereocenters. The van der Waals surface area contributed by atoms with Crippen LogP contribution in [0.3, 0.4) is 0 Å². The van der Waals surface area contributed by atoms with Gasteiger partial charge in [-0.15, -0.1) is 0 Å².